The van der Waals surface area contributed by atoms with Crippen molar-refractivity contribution < 1.29 is 4.79 Å². The van der Waals surface area contributed by atoms with E-state index >= 15 is 0 Å². The molecule has 0 saturated carbocycles. The van der Waals surface area contributed by atoms with Gasteiger partial charge in [-0.2, -0.15) is 0 Å². The minimum absolute atomic E-state index is 0.187. The summed E-state index contributed by atoms with van der Waals surface area (Å²) in [4.78, 5) is 21.0. The highest BCUT2D eigenvalue weighted by atomic mass is 16.2. The number of aromatic nitrogens is 2. The second-order valence-corrected chi connectivity index (χ2v) is 6.73. The van der Waals surface area contributed by atoms with Gasteiger partial charge < -0.3 is 10.6 Å². The minimum atomic E-state index is -0.247. The molecule has 3 aromatic carbocycles. The molecule has 0 radical (unpaired) electrons. The van der Waals surface area contributed by atoms with Crippen LogP contribution in [0.25, 0.3) is 22.2 Å². The lowest BCUT2D eigenvalue weighted by Crippen LogP contribution is -2.38. The molecule has 0 bridgehead atoms. The number of carbonyl (C=O) groups is 1. The van der Waals surface area contributed by atoms with Crippen LogP contribution in [0.4, 0.5) is 4.79 Å². The molecular formula is C24H22N4O. The van der Waals surface area contributed by atoms with Crippen molar-refractivity contribution in [2.45, 2.75) is 13.0 Å². The third kappa shape index (κ3) is 4.24. The molecule has 0 aliphatic carbocycles. The smallest absolute Gasteiger partial charge is 0.315 e. The molecule has 1 heterocycles. The quantitative estimate of drug-likeness (QED) is 0.525. The van der Waals surface area contributed by atoms with Crippen LogP contribution < -0.4 is 10.6 Å². The van der Waals surface area contributed by atoms with E-state index < -0.39 is 0 Å². The molecule has 5 nitrogen and oxygen atoms in total. The van der Waals surface area contributed by atoms with Gasteiger partial charge in [0, 0.05) is 18.9 Å². The Morgan fingerprint density at radius 3 is 2.34 bits per heavy atom. The second-order valence-electron chi connectivity index (χ2n) is 6.73. The van der Waals surface area contributed by atoms with Crippen LogP contribution in [0.3, 0.4) is 0 Å². The molecule has 2 N–H and O–H groups in total. The topological polar surface area (TPSA) is 66.9 Å². The maximum absolute atomic E-state index is 12.3. The number of fused-ring (bicyclic) bond motifs is 1. The average Bonchev–Trinajstić information content (AvgIpc) is 2.78. The summed E-state index contributed by atoms with van der Waals surface area (Å²) in [6.45, 7) is 2.48. The Bertz CT molecular complexity index is 1130. The van der Waals surface area contributed by atoms with E-state index in [9.17, 15) is 4.79 Å². The lowest BCUT2D eigenvalue weighted by Gasteiger charge is -2.21. The van der Waals surface area contributed by atoms with E-state index in [1.54, 1.807) is 12.4 Å². The lowest BCUT2D eigenvalue weighted by molar-refractivity contribution is 0.239. The van der Waals surface area contributed by atoms with E-state index in [0.29, 0.717) is 6.54 Å². The van der Waals surface area contributed by atoms with Crippen LogP contribution in [-0.2, 0) is 0 Å². The van der Waals surface area contributed by atoms with E-state index in [2.05, 4.69) is 32.7 Å². The van der Waals surface area contributed by atoms with Gasteiger partial charge in [-0.15, -0.1) is 0 Å². The molecule has 4 aromatic rings. The van der Waals surface area contributed by atoms with Crippen molar-refractivity contribution in [3.8, 4) is 11.1 Å². The van der Waals surface area contributed by atoms with Gasteiger partial charge in [0.05, 0.1) is 17.1 Å². The molecule has 1 atom stereocenters. The maximum Gasteiger partial charge on any atom is 0.315 e. The first kappa shape index (κ1) is 18.6. The minimum Gasteiger partial charge on any atom is -0.338 e. The molecule has 0 unspecified atom stereocenters. The summed E-state index contributed by atoms with van der Waals surface area (Å²) in [7, 11) is 0. The molecule has 0 fully saturated rings. The van der Waals surface area contributed by atoms with Crippen molar-refractivity contribution in [1.29, 1.82) is 0 Å². The van der Waals surface area contributed by atoms with Gasteiger partial charge in [0.2, 0.25) is 0 Å². The molecule has 4 rings (SSSR count). The summed E-state index contributed by atoms with van der Waals surface area (Å²) in [5, 5.41) is 5.90. The van der Waals surface area contributed by atoms with E-state index in [0.717, 1.165) is 33.3 Å². The number of urea groups is 1. The normalized spacial score (nSPS) is 11.8. The lowest BCUT2D eigenvalue weighted by atomic mass is 9.95. The van der Waals surface area contributed by atoms with Crippen molar-refractivity contribution >= 4 is 17.1 Å². The van der Waals surface area contributed by atoms with Crippen molar-refractivity contribution in [2.24, 2.45) is 0 Å². The third-order valence-corrected chi connectivity index (χ3v) is 4.77. The summed E-state index contributed by atoms with van der Waals surface area (Å²) in [6, 6.07) is 23.8. The predicted molar refractivity (Wildman–Crippen MR) is 115 cm³/mol. The molecule has 5 heteroatoms. The first-order chi connectivity index (χ1) is 14.2. The number of benzene rings is 3. The van der Waals surface area contributed by atoms with Gasteiger partial charge in [-0.1, -0.05) is 54.6 Å². The van der Waals surface area contributed by atoms with Crippen LogP contribution in [0.15, 0.2) is 85.2 Å². The SMILES string of the molecule is CCNC(=O)N[C@H](c1ccccc1)c1cccc(-c2ccc3nccnc3c2)c1. The highest BCUT2D eigenvalue weighted by Gasteiger charge is 2.17. The van der Waals surface area contributed by atoms with E-state index in [1.807, 2.05) is 67.6 Å². The number of hydrogen-bond donors (Lipinski definition) is 2. The summed E-state index contributed by atoms with van der Waals surface area (Å²) in [5.41, 5.74) is 5.89. The van der Waals surface area contributed by atoms with E-state index in [-0.39, 0.29) is 12.1 Å². The van der Waals surface area contributed by atoms with Crippen LogP contribution in [0.2, 0.25) is 0 Å². The molecule has 0 aliphatic heterocycles. The Balaban J connectivity index is 1.72. The number of rotatable bonds is 5. The highest BCUT2D eigenvalue weighted by molar-refractivity contribution is 5.81. The zero-order chi connectivity index (χ0) is 20.1. The summed E-state index contributed by atoms with van der Waals surface area (Å²) in [6.07, 6.45) is 3.39. The fraction of sp³-hybridized carbons (Fsp3) is 0.125. The van der Waals surface area contributed by atoms with E-state index in [4.69, 9.17) is 0 Å². The molecule has 0 spiro atoms. The van der Waals surface area contributed by atoms with Crippen molar-refractivity contribution in [3.05, 3.63) is 96.3 Å². The van der Waals surface area contributed by atoms with Crippen molar-refractivity contribution in [2.75, 3.05) is 6.54 Å². The molecule has 29 heavy (non-hydrogen) atoms. The van der Waals surface area contributed by atoms with Crippen molar-refractivity contribution in [3.63, 3.8) is 0 Å². The van der Waals surface area contributed by atoms with Gasteiger partial charge in [0.1, 0.15) is 0 Å². The zero-order valence-electron chi connectivity index (χ0n) is 16.2. The number of nitrogens with one attached hydrogen (secondary N) is 2. The molecule has 1 aromatic heterocycles. The van der Waals surface area contributed by atoms with Crippen LogP contribution in [-0.4, -0.2) is 22.5 Å². The maximum atomic E-state index is 12.3. The molecule has 144 valence electrons. The number of amides is 2. The Morgan fingerprint density at radius 2 is 1.55 bits per heavy atom. The Kier molecular flexibility index (Phi) is 5.47. The largest absolute Gasteiger partial charge is 0.338 e. The fourth-order valence-corrected chi connectivity index (χ4v) is 3.39. The Hall–Kier alpha value is -3.73. The first-order valence-electron chi connectivity index (χ1n) is 9.65. The highest BCUT2D eigenvalue weighted by Crippen LogP contribution is 2.28. The average molecular weight is 382 g/mol. The van der Waals surface area contributed by atoms with Crippen LogP contribution >= 0.6 is 0 Å². The fourth-order valence-electron chi connectivity index (χ4n) is 3.39. The predicted octanol–water partition coefficient (Wildman–Crippen LogP) is 4.71. The first-order valence-corrected chi connectivity index (χ1v) is 9.65. The van der Waals surface area contributed by atoms with Gasteiger partial charge in [0.15, 0.2) is 0 Å². The van der Waals surface area contributed by atoms with Gasteiger partial charge in [-0.25, -0.2) is 4.79 Å². The van der Waals surface area contributed by atoms with Gasteiger partial charge in [-0.3, -0.25) is 9.97 Å². The number of nitrogens with zero attached hydrogens (tertiary/aromatic N) is 2. The number of hydrogen-bond acceptors (Lipinski definition) is 3. The molecule has 2 amide bonds. The number of carbonyl (C=O) groups excluding carboxylic acids is 1. The molecule has 0 aliphatic rings. The Morgan fingerprint density at radius 1 is 0.828 bits per heavy atom. The molecular weight excluding hydrogens is 360 g/mol. The van der Waals surface area contributed by atoms with Gasteiger partial charge >= 0.3 is 6.03 Å². The monoisotopic (exact) mass is 382 g/mol. The standard InChI is InChI=1S/C24H22N4O/c1-2-25-24(29)28-23(17-7-4-3-5-8-17)20-10-6-9-18(15-20)19-11-12-21-22(16-19)27-14-13-26-21/h3-16,23H,2H2,1H3,(H2,25,28,29)/t23-/m1/s1. The van der Waals surface area contributed by atoms with Crippen molar-refractivity contribution in [1.82, 2.24) is 20.6 Å². The van der Waals surface area contributed by atoms with Crippen LogP contribution in [0.5, 0.6) is 0 Å². The summed E-state index contributed by atoms with van der Waals surface area (Å²) in [5.74, 6) is 0. The second kappa shape index (κ2) is 8.52. The third-order valence-electron chi connectivity index (χ3n) is 4.77. The van der Waals surface area contributed by atoms with Gasteiger partial charge in [0.25, 0.3) is 0 Å². The molecule has 0 saturated heterocycles. The summed E-state index contributed by atoms with van der Waals surface area (Å²) >= 11 is 0. The van der Waals surface area contributed by atoms with Crippen LogP contribution in [0, 0.1) is 0 Å². The Labute approximate surface area is 169 Å². The van der Waals surface area contributed by atoms with Crippen LogP contribution in [0.1, 0.15) is 24.1 Å². The summed E-state index contributed by atoms with van der Waals surface area (Å²) < 4.78 is 0. The zero-order valence-corrected chi connectivity index (χ0v) is 16.2. The van der Waals surface area contributed by atoms with E-state index in [1.165, 1.54) is 0 Å². The van der Waals surface area contributed by atoms with Gasteiger partial charge in [-0.05, 0) is 47.4 Å².